The van der Waals surface area contributed by atoms with E-state index in [1.165, 1.54) is 0 Å². The van der Waals surface area contributed by atoms with Crippen LogP contribution in [0.2, 0.25) is 0 Å². The molecular weight excluding hydrogens is 543 g/mol. The second kappa shape index (κ2) is 13.2. The predicted octanol–water partition coefficient (Wildman–Crippen LogP) is 3.60. The zero-order valence-corrected chi connectivity index (χ0v) is 21.0. The first kappa shape index (κ1) is 26.6. The van der Waals surface area contributed by atoms with Gasteiger partial charge in [0.15, 0.2) is 5.96 Å². The average Bonchev–Trinajstić information content (AvgIpc) is 3.25. The lowest BCUT2D eigenvalue weighted by molar-refractivity contribution is -0.0495. The van der Waals surface area contributed by atoms with Crippen LogP contribution in [0.15, 0.2) is 53.5 Å². The molecule has 1 atom stereocenters. The number of nitrogens with one attached hydrogen (secondary N) is 3. The quantitative estimate of drug-likeness (QED) is 0.256. The molecule has 0 saturated carbocycles. The summed E-state index contributed by atoms with van der Waals surface area (Å²) in [6, 6.07) is 14.4. The summed E-state index contributed by atoms with van der Waals surface area (Å²) < 4.78 is 30.1. The highest BCUT2D eigenvalue weighted by atomic mass is 127. The van der Waals surface area contributed by atoms with Gasteiger partial charge in [0.05, 0.1) is 5.69 Å². The van der Waals surface area contributed by atoms with Crippen molar-refractivity contribution in [3.05, 3.63) is 59.7 Å². The molecule has 33 heavy (non-hydrogen) atoms. The Kier molecular flexibility index (Phi) is 10.6. The van der Waals surface area contributed by atoms with Crippen molar-refractivity contribution < 1.29 is 18.3 Å². The summed E-state index contributed by atoms with van der Waals surface area (Å²) in [4.78, 5) is 18.2. The number of halogens is 3. The first-order chi connectivity index (χ1) is 15.5. The molecule has 0 bridgehead atoms. The molecule has 180 valence electrons. The van der Waals surface area contributed by atoms with Crippen molar-refractivity contribution in [2.24, 2.45) is 4.99 Å². The molecule has 1 aliphatic heterocycles. The van der Waals surface area contributed by atoms with Crippen LogP contribution in [0, 0.1) is 0 Å². The topological polar surface area (TPSA) is 78.0 Å². The standard InChI is InChI=1S/C23H29F2N5O2.HI/c1-3-27-21(31)17-10-8-16(9-11-17)14-28-23(26-2)29-18-12-13-30(15-18)19-6-4-5-7-20(19)32-22(24)25;/h4-11,18,22H,3,12-15H2,1-2H3,(H,27,31)(H2,26,28,29);1H. The Balaban J connectivity index is 0.00000385. The number of aliphatic imine (C=N–C) groups is 1. The monoisotopic (exact) mass is 573 g/mol. The van der Waals surface area contributed by atoms with Crippen molar-refractivity contribution in [2.45, 2.75) is 32.5 Å². The van der Waals surface area contributed by atoms with E-state index in [-0.39, 0.29) is 41.7 Å². The summed E-state index contributed by atoms with van der Waals surface area (Å²) in [5.74, 6) is 0.749. The Morgan fingerprint density at radius 2 is 1.91 bits per heavy atom. The SMILES string of the molecule is CCNC(=O)c1ccc(CNC(=NC)NC2CCN(c3ccccc3OC(F)F)C2)cc1.I. The molecule has 10 heteroatoms. The summed E-state index contributed by atoms with van der Waals surface area (Å²) in [7, 11) is 1.70. The number of anilines is 1. The predicted molar refractivity (Wildman–Crippen MR) is 137 cm³/mol. The number of amides is 1. The number of hydrogen-bond donors (Lipinski definition) is 3. The van der Waals surface area contributed by atoms with Crippen molar-refractivity contribution in [1.29, 1.82) is 0 Å². The van der Waals surface area contributed by atoms with Gasteiger partial charge in [-0.15, -0.1) is 24.0 Å². The fourth-order valence-electron chi connectivity index (χ4n) is 3.62. The number of carbonyl (C=O) groups is 1. The Morgan fingerprint density at radius 3 is 2.58 bits per heavy atom. The van der Waals surface area contributed by atoms with E-state index in [9.17, 15) is 13.6 Å². The van der Waals surface area contributed by atoms with E-state index in [1.54, 1.807) is 37.4 Å². The smallest absolute Gasteiger partial charge is 0.387 e. The molecule has 2 aromatic rings. The number of guanidine groups is 1. The highest BCUT2D eigenvalue weighted by Crippen LogP contribution is 2.31. The maximum absolute atomic E-state index is 12.7. The molecule has 3 N–H and O–H groups in total. The molecule has 0 aliphatic carbocycles. The Hall–Kier alpha value is -2.63. The first-order valence-corrected chi connectivity index (χ1v) is 10.6. The van der Waals surface area contributed by atoms with Gasteiger partial charge in [-0.25, -0.2) is 0 Å². The van der Waals surface area contributed by atoms with Crippen LogP contribution in [0.25, 0.3) is 0 Å². The number of hydrogen-bond acceptors (Lipinski definition) is 4. The zero-order chi connectivity index (χ0) is 22.9. The minimum Gasteiger partial charge on any atom is -0.433 e. The van der Waals surface area contributed by atoms with Crippen molar-refractivity contribution in [2.75, 3.05) is 31.6 Å². The molecule has 1 unspecified atom stereocenters. The first-order valence-electron chi connectivity index (χ1n) is 10.6. The van der Waals surface area contributed by atoms with Gasteiger partial charge in [0.1, 0.15) is 5.75 Å². The second-order valence-electron chi connectivity index (χ2n) is 7.40. The van der Waals surface area contributed by atoms with E-state index in [0.29, 0.717) is 36.8 Å². The van der Waals surface area contributed by atoms with Crippen LogP contribution in [0.4, 0.5) is 14.5 Å². The summed E-state index contributed by atoms with van der Waals surface area (Å²) >= 11 is 0. The van der Waals surface area contributed by atoms with E-state index in [4.69, 9.17) is 0 Å². The fraction of sp³-hybridized carbons (Fsp3) is 0.391. The minimum absolute atomic E-state index is 0. The highest BCUT2D eigenvalue weighted by molar-refractivity contribution is 14.0. The molecule has 7 nitrogen and oxygen atoms in total. The van der Waals surface area contributed by atoms with Crippen molar-refractivity contribution in [3.63, 3.8) is 0 Å². The molecule has 0 radical (unpaired) electrons. The van der Waals surface area contributed by atoms with Crippen LogP contribution in [0.5, 0.6) is 5.75 Å². The number of para-hydroxylation sites is 2. The van der Waals surface area contributed by atoms with Gasteiger partial charge in [0.2, 0.25) is 0 Å². The lowest BCUT2D eigenvalue weighted by atomic mass is 10.1. The van der Waals surface area contributed by atoms with Crippen LogP contribution in [-0.2, 0) is 6.54 Å². The number of rotatable bonds is 8. The number of ether oxygens (including phenoxy) is 1. The third-order valence-electron chi connectivity index (χ3n) is 5.19. The molecule has 1 heterocycles. The highest BCUT2D eigenvalue weighted by Gasteiger charge is 2.26. The van der Waals surface area contributed by atoms with Gasteiger partial charge in [-0.2, -0.15) is 8.78 Å². The molecule has 2 aromatic carbocycles. The molecule has 0 spiro atoms. The third kappa shape index (κ3) is 7.72. The largest absolute Gasteiger partial charge is 0.433 e. The van der Waals surface area contributed by atoms with E-state index >= 15 is 0 Å². The normalized spacial score (nSPS) is 15.7. The van der Waals surface area contributed by atoms with Crippen LogP contribution in [0.3, 0.4) is 0 Å². The summed E-state index contributed by atoms with van der Waals surface area (Å²) in [5, 5.41) is 9.44. The molecular formula is C23H30F2IN5O2. The van der Waals surface area contributed by atoms with E-state index in [0.717, 1.165) is 18.5 Å². The van der Waals surface area contributed by atoms with Crippen molar-refractivity contribution in [3.8, 4) is 5.75 Å². The maximum atomic E-state index is 12.7. The lowest BCUT2D eigenvalue weighted by Crippen LogP contribution is -2.44. The Labute approximate surface area is 210 Å². The van der Waals surface area contributed by atoms with Gasteiger partial charge in [0.25, 0.3) is 5.91 Å². The average molecular weight is 573 g/mol. The van der Waals surface area contributed by atoms with E-state index in [2.05, 4.69) is 25.7 Å². The number of alkyl halides is 2. The Bertz CT molecular complexity index is 927. The zero-order valence-electron chi connectivity index (χ0n) is 18.7. The maximum Gasteiger partial charge on any atom is 0.387 e. The number of carbonyl (C=O) groups excluding carboxylic acids is 1. The fourth-order valence-corrected chi connectivity index (χ4v) is 3.62. The number of benzene rings is 2. The van der Waals surface area contributed by atoms with Gasteiger partial charge in [0, 0.05) is 44.8 Å². The molecule has 0 aromatic heterocycles. The summed E-state index contributed by atoms with van der Waals surface area (Å²) in [6.07, 6.45) is 0.838. The van der Waals surface area contributed by atoms with Gasteiger partial charge in [-0.3, -0.25) is 9.79 Å². The molecule has 1 amide bonds. The summed E-state index contributed by atoms with van der Waals surface area (Å²) in [5.41, 5.74) is 2.31. The van der Waals surface area contributed by atoms with Gasteiger partial charge in [-0.1, -0.05) is 24.3 Å². The van der Waals surface area contributed by atoms with Crippen molar-refractivity contribution in [1.82, 2.24) is 16.0 Å². The summed E-state index contributed by atoms with van der Waals surface area (Å²) in [6.45, 7) is 1.54. The minimum atomic E-state index is -2.86. The van der Waals surface area contributed by atoms with Crippen LogP contribution in [0.1, 0.15) is 29.3 Å². The third-order valence-corrected chi connectivity index (χ3v) is 5.19. The van der Waals surface area contributed by atoms with Crippen LogP contribution < -0.4 is 25.6 Å². The van der Waals surface area contributed by atoms with Crippen LogP contribution >= 0.6 is 24.0 Å². The van der Waals surface area contributed by atoms with Gasteiger partial charge in [-0.05, 0) is 43.2 Å². The van der Waals surface area contributed by atoms with Crippen molar-refractivity contribution >= 4 is 41.5 Å². The van der Waals surface area contributed by atoms with E-state index < -0.39 is 6.61 Å². The van der Waals surface area contributed by atoms with Gasteiger partial charge >= 0.3 is 6.61 Å². The molecule has 1 aliphatic rings. The lowest BCUT2D eigenvalue weighted by Gasteiger charge is -2.22. The van der Waals surface area contributed by atoms with Crippen LogP contribution in [-0.4, -0.2) is 51.2 Å². The Morgan fingerprint density at radius 1 is 1.18 bits per heavy atom. The molecule has 3 rings (SSSR count). The number of nitrogens with zero attached hydrogens (tertiary/aromatic N) is 2. The van der Waals surface area contributed by atoms with Gasteiger partial charge < -0.3 is 25.6 Å². The molecule has 1 saturated heterocycles. The molecule has 1 fully saturated rings. The van der Waals surface area contributed by atoms with E-state index in [1.807, 2.05) is 30.0 Å². The second-order valence-corrected chi connectivity index (χ2v) is 7.40.